The lowest BCUT2D eigenvalue weighted by Crippen LogP contribution is -2.36. The quantitative estimate of drug-likeness (QED) is 0.481. The van der Waals surface area contributed by atoms with Crippen molar-refractivity contribution in [1.82, 2.24) is 9.88 Å². The van der Waals surface area contributed by atoms with Gasteiger partial charge in [0, 0.05) is 18.1 Å². The van der Waals surface area contributed by atoms with Gasteiger partial charge in [0.2, 0.25) is 0 Å². The Morgan fingerprint density at radius 3 is 2.50 bits per heavy atom. The summed E-state index contributed by atoms with van der Waals surface area (Å²) in [7, 11) is 3.95. The number of hydrogen-bond acceptors (Lipinski definition) is 4. The van der Waals surface area contributed by atoms with Gasteiger partial charge in [-0.3, -0.25) is 9.69 Å². The van der Waals surface area contributed by atoms with E-state index in [1.54, 1.807) is 23.1 Å². The molecule has 8 heteroatoms. The maximum atomic E-state index is 13.3. The van der Waals surface area contributed by atoms with E-state index < -0.39 is 0 Å². The van der Waals surface area contributed by atoms with Crippen molar-refractivity contribution < 1.29 is 4.79 Å². The van der Waals surface area contributed by atoms with Crippen LogP contribution >= 0.6 is 46.9 Å². The summed E-state index contributed by atoms with van der Waals surface area (Å²) >= 11 is 13.9. The Labute approximate surface area is 185 Å². The number of carbonyl (C=O) groups excluding carboxylic acids is 1. The highest BCUT2D eigenvalue weighted by Gasteiger charge is 2.24. The summed E-state index contributed by atoms with van der Waals surface area (Å²) in [6.07, 6.45) is 0. The first-order chi connectivity index (χ1) is 12.8. The lowest BCUT2D eigenvalue weighted by molar-refractivity contribution is 0.0985. The summed E-state index contributed by atoms with van der Waals surface area (Å²) in [6.45, 7) is 5.33. The average molecular weight is 459 g/mol. The number of anilines is 1. The molecule has 0 aliphatic carbocycles. The van der Waals surface area contributed by atoms with Gasteiger partial charge in [0.05, 0.1) is 20.8 Å². The van der Waals surface area contributed by atoms with Crippen LogP contribution in [0, 0.1) is 13.8 Å². The summed E-state index contributed by atoms with van der Waals surface area (Å²) in [6, 6.07) is 9.07. The minimum atomic E-state index is -0.196. The van der Waals surface area contributed by atoms with Crippen molar-refractivity contribution in [3.8, 4) is 0 Å². The molecular formula is C20H22Cl3N3OS. The molecule has 0 saturated carbocycles. The van der Waals surface area contributed by atoms with Gasteiger partial charge in [-0.15, -0.1) is 12.4 Å². The molecule has 28 heavy (non-hydrogen) atoms. The van der Waals surface area contributed by atoms with Gasteiger partial charge in [-0.1, -0.05) is 40.6 Å². The highest BCUT2D eigenvalue weighted by molar-refractivity contribution is 7.22. The first kappa shape index (κ1) is 22.9. The zero-order valence-electron chi connectivity index (χ0n) is 16.1. The van der Waals surface area contributed by atoms with Crippen molar-refractivity contribution in [1.29, 1.82) is 0 Å². The average Bonchev–Trinajstić information content (AvgIpc) is 3.04. The van der Waals surface area contributed by atoms with E-state index in [2.05, 4.69) is 26.0 Å². The van der Waals surface area contributed by atoms with Gasteiger partial charge in [-0.25, -0.2) is 4.98 Å². The van der Waals surface area contributed by atoms with Crippen LogP contribution in [-0.2, 0) is 0 Å². The van der Waals surface area contributed by atoms with E-state index in [9.17, 15) is 4.79 Å². The molecule has 150 valence electrons. The molecule has 0 bridgehead atoms. The lowest BCUT2D eigenvalue weighted by atomic mass is 10.1. The van der Waals surface area contributed by atoms with Crippen LogP contribution in [0.25, 0.3) is 10.2 Å². The molecule has 0 unspecified atom stereocenters. The van der Waals surface area contributed by atoms with Crippen molar-refractivity contribution in [3.05, 3.63) is 57.1 Å². The molecule has 0 N–H and O–H groups in total. The van der Waals surface area contributed by atoms with Gasteiger partial charge < -0.3 is 4.90 Å². The minimum absolute atomic E-state index is 0. The van der Waals surface area contributed by atoms with Gasteiger partial charge in [-0.2, -0.15) is 0 Å². The fraction of sp³-hybridized carbons (Fsp3) is 0.300. The molecule has 3 rings (SSSR count). The summed E-state index contributed by atoms with van der Waals surface area (Å²) < 4.78 is 1.06. The van der Waals surface area contributed by atoms with E-state index >= 15 is 0 Å². The first-order valence-corrected chi connectivity index (χ1v) is 10.1. The standard InChI is InChI=1S/C20H21Cl2N3OS.ClH/c1-12-5-8-17-18(13(12)2)23-20(27-17)25(10-9-24(3)4)19(26)15-11-14(21)6-7-16(15)22;/h5-8,11H,9-10H2,1-4H3;1H. The van der Waals surface area contributed by atoms with E-state index in [1.807, 2.05) is 19.0 Å². The number of fused-ring (bicyclic) bond motifs is 1. The second-order valence-electron chi connectivity index (χ2n) is 6.73. The van der Waals surface area contributed by atoms with Crippen molar-refractivity contribution >= 4 is 68.2 Å². The predicted octanol–water partition coefficient (Wildman–Crippen LogP) is 5.85. The monoisotopic (exact) mass is 457 g/mol. The Bertz CT molecular complexity index is 1000. The molecule has 0 spiro atoms. The van der Waals surface area contributed by atoms with E-state index in [-0.39, 0.29) is 18.3 Å². The third-order valence-corrected chi connectivity index (χ3v) is 6.09. The largest absolute Gasteiger partial charge is 0.308 e. The van der Waals surface area contributed by atoms with Gasteiger partial charge in [-0.05, 0) is 63.3 Å². The van der Waals surface area contributed by atoms with Crippen LogP contribution < -0.4 is 4.90 Å². The third-order valence-electron chi connectivity index (χ3n) is 4.48. The minimum Gasteiger partial charge on any atom is -0.308 e. The zero-order valence-corrected chi connectivity index (χ0v) is 19.3. The van der Waals surface area contributed by atoms with E-state index in [0.717, 1.165) is 15.8 Å². The van der Waals surface area contributed by atoms with Gasteiger partial charge in [0.1, 0.15) is 0 Å². The van der Waals surface area contributed by atoms with Gasteiger partial charge >= 0.3 is 0 Å². The Balaban J connectivity index is 0.00000280. The molecule has 0 atom stereocenters. The fourth-order valence-corrected chi connectivity index (χ4v) is 4.14. The Morgan fingerprint density at radius 2 is 1.82 bits per heavy atom. The second-order valence-corrected chi connectivity index (χ2v) is 8.59. The van der Waals surface area contributed by atoms with Crippen molar-refractivity contribution in [3.63, 3.8) is 0 Å². The fourth-order valence-electron chi connectivity index (χ4n) is 2.72. The molecule has 0 aliphatic rings. The number of benzene rings is 2. The maximum absolute atomic E-state index is 13.3. The van der Waals surface area contributed by atoms with Crippen LogP contribution in [0.5, 0.6) is 0 Å². The van der Waals surface area contributed by atoms with Gasteiger partial charge in [0.15, 0.2) is 5.13 Å². The number of likely N-dealkylation sites (N-methyl/N-ethyl adjacent to an activating group) is 1. The Hall–Kier alpha value is -1.37. The lowest BCUT2D eigenvalue weighted by Gasteiger charge is -2.22. The van der Waals surface area contributed by atoms with Crippen molar-refractivity contribution in [2.75, 3.05) is 32.1 Å². The molecule has 4 nitrogen and oxygen atoms in total. The molecule has 0 fully saturated rings. The molecule has 0 aliphatic heterocycles. The van der Waals surface area contributed by atoms with Crippen LogP contribution in [0.1, 0.15) is 21.5 Å². The van der Waals surface area contributed by atoms with Crippen LogP contribution in [0.3, 0.4) is 0 Å². The molecule has 3 aromatic rings. The maximum Gasteiger partial charge on any atom is 0.261 e. The second kappa shape index (κ2) is 9.42. The summed E-state index contributed by atoms with van der Waals surface area (Å²) in [5.41, 5.74) is 3.64. The molecular weight excluding hydrogens is 437 g/mol. The van der Waals surface area contributed by atoms with E-state index in [0.29, 0.717) is 33.8 Å². The van der Waals surface area contributed by atoms with Crippen LogP contribution in [-0.4, -0.2) is 43.0 Å². The van der Waals surface area contributed by atoms with Crippen LogP contribution in [0.4, 0.5) is 5.13 Å². The van der Waals surface area contributed by atoms with Crippen molar-refractivity contribution in [2.45, 2.75) is 13.8 Å². The normalized spacial score (nSPS) is 11.0. The smallest absolute Gasteiger partial charge is 0.261 e. The molecule has 0 radical (unpaired) electrons. The number of rotatable bonds is 5. The summed E-state index contributed by atoms with van der Waals surface area (Å²) in [5.74, 6) is -0.196. The number of thiazole rings is 1. The molecule has 1 aromatic heterocycles. The highest BCUT2D eigenvalue weighted by Crippen LogP contribution is 2.33. The Kier molecular flexibility index (Phi) is 7.71. The number of aromatic nitrogens is 1. The number of nitrogens with zero attached hydrogens (tertiary/aromatic N) is 3. The Morgan fingerprint density at radius 1 is 1.11 bits per heavy atom. The third kappa shape index (κ3) is 4.78. The molecule has 1 amide bonds. The molecule has 1 heterocycles. The number of hydrogen-bond donors (Lipinski definition) is 0. The molecule has 2 aromatic carbocycles. The SMILES string of the molecule is Cc1ccc2sc(N(CCN(C)C)C(=O)c3cc(Cl)ccc3Cl)nc2c1C.Cl. The zero-order chi connectivity index (χ0) is 19.7. The topological polar surface area (TPSA) is 36.4 Å². The van der Waals surface area contributed by atoms with Crippen LogP contribution in [0.2, 0.25) is 10.0 Å². The van der Waals surface area contributed by atoms with E-state index in [4.69, 9.17) is 28.2 Å². The van der Waals surface area contributed by atoms with E-state index in [1.165, 1.54) is 16.9 Å². The number of carbonyl (C=O) groups is 1. The molecule has 0 saturated heterocycles. The van der Waals surface area contributed by atoms with Crippen LogP contribution in [0.15, 0.2) is 30.3 Å². The highest BCUT2D eigenvalue weighted by atomic mass is 35.5. The van der Waals surface area contributed by atoms with Crippen molar-refractivity contribution in [2.24, 2.45) is 0 Å². The summed E-state index contributed by atoms with van der Waals surface area (Å²) in [5, 5.41) is 1.53. The summed E-state index contributed by atoms with van der Waals surface area (Å²) in [4.78, 5) is 21.8. The first-order valence-electron chi connectivity index (χ1n) is 8.56. The number of amides is 1. The predicted molar refractivity (Wildman–Crippen MR) is 123 cm³/mol. The van der Waals surface area contributed by atoms with Gasteiger partial charge in [0.25, 0.3) is 5.91 Å². The number of halogens is 3. The number of aryl methyl sites for hydroxylation is 2.